The molecule has 0 saturated carbocycles. The van der Waals surface area contributed by atoms with Crippen LogP contribution in [0.3, 0.4) is 0 Å². The fourth-order valence-corrected chi connectivity index (χ4v) is 2.70. The Morgan fingerprint density at radius 2 is 2.00 bits per heavy atom. The summed E-state index contributed by atoms with van der Waals surface area (Å²) in [5.74, 6) is -0.289. The Morgan fingerprint density at radius 3 is 2.50 bits per heavy atom. The van der Waals surface area contributed by atoms with Crippen molar-refractivity contribution in [3.05, 3.63) is 0 Å². The molecule has 1 unspecified atom stereocenters. The molecule has 18 heavy (non-hydrogen) atoms. The van der Waals surface area contributed by atoms with Gasteiger partial charge in [-0.2, -0.15) is 0 Å². The molecule has 1 rings (SSSR count). The predicted octanol–water partition coefficient (Wildman–Crippen LogP) is 0.540. The monoisotopic (exact) mass is 276 g/mol. The third-order valence-electron chi connectivity index (χ3n) is 3.83. The van der Waals surface area contributed by atoms with Gasteiger partial charge in [0.25, 0.3) is 0 Å². The molecule has 0 aromatic carbocycles. The molecule has 106 valence electrons. The quantitative estimate of drug-likeness (QED) is 0.812. The van der Waals surface area contributed by atoms with Gasteiger partial charge in [-0.3, -0.25) is 4.79 Å². The van der Waals surface area contributed by atoms with Gasteiger partial charge in [0.15, 0.2) is 9.84 Å². The number of likely N-dealkylation sites (tertiary alicyclic amines) is 1. The lowest BCUT2D eigenvalue weighted by Crippen LogP contribution is -2.55. The highest BCUT2D eigenvalue weighted by Gasteiger charge is 2.43. The van der Waals surface area contributed by atoms with E-state index in [2.05, 4.69) is 0 Å². The smallest absolute Gasteiger partial charge is 0.243 e. The normalized spacial score (nSPS) is 22.0. The number of nitrogens with zero attached hydrogens (tertiary/aromatic N) is 1. The lowest BCUT2D eigenvalue weighted by atomic mass is 9.97. The molecule has 1 saturated heterocycles. The molecule has 1 fully saturated rings. The summed E-state index contributed by atoms with van der Waals surface area (Å²) < 4.78 is 22.1. The first-order valence-corrected chi connectivity index (χ1v) is 8.31. The fourth-order valence-electron chi connectivity index (χ4n) is 2.26. The minimum Gasteiger partial charge on any atom is -0.338 e. The summed E-state index contributed by atoms with van der Waals surface area (Å²) in [6.07, 6.45) is 4.79. The van der Waals surface area contributed by atoms with Crippen LogP contribution < -0.4 is 5.73 Å². The molecular formula is C12H24N2O3S. The van der Waals surface area contributed by atoms with E-state index in [9.17, 15) is 13.2 Å². The molecule has 6 heteroatoms. The van der Waals surface area contributed by atoms with Crippen LogP contribution in [-0.2, 0) is 14.6 Å². The van der Waals surface area contributed by atoms with Crippen molar-refractivity contribution in [2.24, 2.45) is 5.73 Å². The molecule has 0 aromatic heterocycles. The van der Waals surface area contributed by atoms with Gasteiger partial charge in [0.1, 0.15) is 4.75 Å². The zero-order valence-corrected chi connectivity index (χ0v) is 12.3. The second-order valence-electron chi connectivity index (χ2n) is 5.51. The third-order valence-corrected chi connectivity index (χ3v) is 5.86. The average molecular weight is 276 g/mol. The average Bonchev–Trinajstić information content (AvgIpc) is 2.28. The highest BCUT2D eigenvalue weighted by atomic mass is 32.2. The van der Waals surface area contributed by atoms with Crippen LogP contribution in [0, 0.1) is 0 Å². The largest absolute Gasteiger partial charge is 0.338 e. The first-order valence-electron chi connectivity index (χ1n) is 6.42. The summed E-state index contributed by atoms with van der Waals surface area (Å²) in [6.45, 7) is 4.13. The number of amides is 1. The summed E-state index contributed by atoms with van der Waals surface area (Å²) in [5, 5.41) is 0. The Bertz CT molecular complexity index is 402. The van der Waals surface area contributed by atoms with Crippen molar-refractivity contribution in [3.63, 3.8) is 0 Å². The van der Waals surface area contributed by atoms with Crippen molar-refractivity contribution in [2.45, 2.75) is 50.3 Å². The van der Waals surface area contributed by atoms with E-state index in [1.54, 1.807) is 4.90 Å². The number of hydrogen-bond donors (Lipinski definition) is 1. The van der Waals surface area contributed by atoms with E-state index in [-0.39, 0.29) is 11.9 Å². The molecule has 5 nitrogen and oxygen atoms in total. The van der Waals surface area contributed by atoms with Crippen LogP contribution in [0.5, 0.6) is 0 Å². The molecule has 1 aliphatic heterocycles. The molecule has 2 N–H and O–H groups in total. The standard InChI is InChI=1S/C12H24N2O3S/c1-12(2,18(3,16)17)11(15)14-9-5-4-6-10(14)7-8-13/h10H,4-9,13H2,1-3H3. The SMILES string of the molecule is CC(C)(C(=O)N1CCCCC1CCN)S(C)(=O)=O. The maximum atomic E-state index is 12.5. The van der Waals surface area contributed by atoms with Crippen LogP contribution in [0.25, 0.3) is 0 Å². The lowest BCUT2D eigenvalue weighted by Gasteiger charge is -2.39. The maximum Gasteiger partial charge on any atom is 0.243 e. The molecular weight excluding hydrogens is 252 g/mol. The summed E-state index contributed by atoms with van der Waals surface area (Å²) in [7, 11) is -3.41. The molecule has 1 heterocycles. The van der Waals surface area contributed by atoms with Crippen LogP contribution >= 0.6 is 0 Å². The second-order valence-corrected chi connectivity index (χ2v) is 8.07. The van der Waals surface area contributed by atoms with E-state index < -0.39 is 14.6 Å². The number of hydrogen-bond acceptors (Lipinski definition) is 4. The van der Waals surface area contributed by atoms with E-state index in [1.165, 1.54) is 13.8 Å². The molecule has 1 amide bonds. The third kappa shape index (κ3) is 3.03. The van der Waals surface area contributed by atoms with Gasteiger partial charge >= 0.3 is 0 Å². The molecule has 0 spiro atoms. The summed E-state index contributed by atoms with van der Waals surface area (Å²) in [4.78, 5) is 14.2. The molecule has 0 aliphatic carbocycles. The fraction of sp³-hybridized carbons (Fsp3) is 0.917. The second kappa shape index (κ2) is 5.57. The number of piperidine rings is 1. The van der Waals surface area contributed by atoms with Gasteiger partial charge in [-0.25, -0.2) is 8.42 Å². The topological polar surface area (TPSA) is 80.5 Å². The van der Waals surface area contributed by atoms with Gasteiger partial charge < -0.3 is 10.6 Å². The Morgan fingerprint density at radius 1 is 1.39 bits per heavy atom. The lowest BCUT2D eigenvalue weighted by molar-refractivity contribution is -0.137. The minimum atomic E-state index is -3.41. The zero-order valence-electron chi connectivity index (χ0n) is 11.5. The molecule has 0 bridgehead atoms. The van der Waals surface area contributed by atoms with E-state index in [0.717, 1.165) is 31.9 Å². The molecule has 0 aromatic rings. The van der Waals surface area contributed by atoms with E-state index in [4.69, 9.17) is 5.73 Å². The Labute approximate surface area is 110 Å². The zero-order chi connectivity index (χ0) is 14.0. The van der Waals surface area contributed by atoms with Gasteiger partial charge in [-0.15, -0.1) is 0 Å². The minimum absolute atomic E-state index is 0.0947. The van der Waals surface area contributed by atoms with Crippen LogP contribution in [0.4, 0.5) is 0 Å². The predicted molar refractivity (Wildman–Crippen MR) is 71.9 cm³/mol. The maximum absolute atomic E-state index is 12.5. The van der Waals surface area contributed by atoms with Crippen molar-refractivity contribution in [2.75, 3.05) is 19.3 Å². The van der Waals surface area contributed by atoms with Crippen LogP contribution in [0.15, 0.2) is 0 Å². The van der Waals surface area contributed by atoms with E-state index in [1.807, 2.05) is 0 Å². The number of carbonyl (C=O) groups is 1. The van der Waals surface area contributed by atoms with Crippen molar-refractivity contribution in [1.82, 2.24) is 4.90 Å². The van der Waals surface area contributed by atoms with Crippen molar-refractivity contribution in [1.29, 1.82) is 0 Å². The van der Waals surface area contributed by atoms with E-state index in [0.29, 0.717) is 13.1 Å². The Hall–Kier alpha value is -0.620. The van der Waals surface area contributed by atoms with Crippen molar-refractivity contribution in [3.8, 4) is 0 Å². The highest BCUT2D eigenvalue weighted by molar-refractivity contribution is 7.92. The number of nitrogens with two attached hydrogens (primary N) is 1. The van der Waals surface area contributed by atoms with Crippen LogP contribution in [0.1, 0.15) is 39.5 Å². The number of carbonyl (C=O) groups excluding carboxylic acids is 1. The highest BCUT2D eigenvalue weighted by Crippen LogP contribution is 2.26. The van der Waals surface area contributed by atoms with Crippen LogP contribution in [-0.4, -0.2) is 49.4 Å². The van der Waals surface area contributed by atoms with Gasteiger partial charge in [0.05, 0.1) is 0 Å². The summed E-state index contributed by atoms with van der Waals surface area (Å²) in [5.41, 5.74) is 5.56. The number of rotatable bonds is 4. The molecule has 0 radical (unpaired) electrons. The Balaban J connectivity index is 2.93. The Kier molecular flexibility index (Phi) is 4.78. The van der Waals surface area contributed by atoms with Crippen molar-refractivity contribution < 1.29 is 13.2 Å². The first kappa shape index (κ1) is 15.4. The van der Waals surface area contributed by atoms with Gasteiger partial charge in [-0.1, -0.05) is 0 Å². The first-order chi connectivity index (χ1) is 8.21. The summed E-state index contributed by atoms with van der Waals surface area (Å²) >= 11 is 0. The van der Waals surface area contributed by atoms with Gasteiger partial charge in [-0.05, 0) is 46.1 Å². The van der Waals surface area contributed by atoms with Gasteiger partial charge in [0, 0.05) is 18.8 Å². The van der Waals surface area contributed by atoms with Crippen LogP contribution in [0.2, 0.25) is 0 Å². The molecule has 1 atom stereocenters. The summed E-state index contributed by atoms with van der Waals surface area (Å²) in [6, 6.07) is 0.0947. The van der Waals surface area contributed by atoms with E-state index >= 15 is 0 Å². The number of sulfone groups is 1. The van der Waals surface area contributed by atoms with Crippen molar-refractivity contribution >= 4 is 15.7 Å². The van der Waals surface area contributed by atoms with Gasteiger partial charge in [0.2, 0.25) is 5.91 Å². The molecule has 1 aliphatic rings.